The lowest BCUT2D eigenvalue weighted by Crippen LogP contribution is -2.21. The third-order valence-corrected chi connectivity index (χ3v) is 2.80. The van der Waals surface area contributed by atoms with Crippen LogP contribution in [0.3, 0.4) is 0 Å². The molecule has 0 spiro atoms. The number of benzene rings is 1. The second kappa shape index (κ2) is 5.47. The molecule has 0 amide bonds. The fourth-order valence-electron chi connectivity index (χ4n) is 1.85. The number of rotatable bonds is 5. The predicted octanol–water partition coefficient (Wildman–Crippen LogP) is 1.35. The smallest absolute Gasteiger partial charge is 0.328 e. The van der Waals surface area contributed by atoms with Crippen molar-refractivity contribution in [3.05, 3.63) is 24.3 Å². The molecule has 0 aliphatic rings. The maximum absolute atomic E-state index is 11.3. The molecule has 0 aliphatic heterocycles. The first kappa shape index (κ1) is 13.0. The summed E-state index contributed by atoms with van der Waals surface area (Å²) in [5.41, 5.74) is 6.99. The number of hydrogen-bond acceptors (Lipinski definition) is 5. The maximum Gasteiger partial charge on any atom is 0.328 e. The first-order valence-electron chi connectivity index (χ1n) is 6.00. The van der Waals surface area contributed by atoms with E-state index in [4.69, 9.17) is 5.73 Å². The maximum atomic E-state index is 11.3. The van der Waals surface area contributed by atoms with Crippen LogP contribution in [0.1, 0.15) is 25.8 Å². The number of nitrogens with two attached hydrogens (primary N) is 1. The van der Waals surface area contributed by atoms with Gasteiger partial charge < -0.3 is 10.8 Å². The number of aromatic nitrogens is 4. The highest BCUT2D eigenvalue weighted by atomic mass is 16.4. The fraction of sp³-hybridized carbons (Fsp3) is 0.333. The Labute approximate surface area is 110 Å². The van der Waals surface area contributed by atoms with Crippen LogP contribution in [0, 0.1) is 0 Å². The van der Waals surface area contributed by atoms with Crippen molar-refractivity contribution in [2.24, 2.45) is 0 Å². The Hall–Kier alpha value is -2.44. The van der Waals surface area contributed by atoms with Crippen molar-refractivity contribution in [1.82, 2.24) is 20.2 Å². The van der Waals surface area contributed by atoms with Crippen molar-refractivity contribution in [2.75, 3.05) is 5.73 Å². The van der Waals surface area contributed by atoms with Gasteiger partial charge in [0.1, 0.15) is 0 Å². The molecule has 1 atom stereocenters. The van der Waals surface area contributed by atoms with E-state index in [9.17, 15) is 9.90 Å². The number of hydrogen-bond donors (Lipinski definition) is 2. The molecular formula is C12H15N5O2. The zero-order valence-corrected chi connectivity index (χ0v) is 10.5. The minimum atomic E-state index is -0.939. The predicted molar refractivity (Wildman–Crippen MR) is 69.2 cm³/mol. The average molecular weight is 261 g/mol. The van der Waals surface area contributed by atoms with Crippen molar-refractivity contribution in [2.45, 2.75) is 25.8 Å². The molecule has 1 unspecified atom stereocenters. The van der Waals surface area contributed by atoms with Crippen LogP contribution >= 0.6 is 0 Å². The second-order valence-corrected chi connectivity index (χ2v) is 4.21. The van der Waals surface area contributed by atoms with E-state index in [-0.39, 0.29) is 0 Å². The number of tetrazole rings is 1. The van der Waals surface area contributed by atoms with Gasteiger partial charge in [0.15, 0.2) is 11.9 Å². The molecule has 0 saturated carbocycles. The molecule has 3 N–H and O–H groups in total. The Morgan fingerprint density at radius 3 is 2.68 bits per heavy atom. The van der Waals surface area contributed by atoms with E-state index in [1.54, 1.807) is 24.3 Å². The van der Waals surface area contributed by atoms with Gasteiger partial charge in [-0.15, -0.1) is 5.10 Å². The normalized spacial score (nSPS) is 12.3. The number of carboxylic acid groups (broad SMARTS) is 1. The van der Waals surface area contributed by atoms with Crippen molar-refractivity contribution >= 4 is 11.7 Å². The lowest BCUT2D eigenvalue weighted by atomic mass is 10.1. The quantitative estimate of drug-likeness (QED) is 0.787. The first-order chi connectivity index (χ1) is 9.13. The highest BCUT2D eigenvalue weighted by molar-refractivity contribution is 5.73. The standard InChI is InChI=1S/C12H15N5O2/c1-2-3-10(12(18)19)17-11(14-15-16-17)8-4-6-9(13)7-5-8/h4-7,10H,2-3,13H2,1H3,(H,18,19). The summed E-state index contributed by atoms with van der Waals surface area (Å²) < 4.78 is 1.34. The SMILES string of the molecule is CCCC(C(=O)O)n1nnnc1-c1ccc(N)cc1. The minimum absolute atomic E-state index is 0.431. The highest BCUT2D eigenvalue weighted by Crippen LogP contribution is 2.22. The molecule has 2 aromatic rings. The van der Waals surface area contributed by atoms with E-state index in [2.05, 4.69) is 15.5 Å². The lowest BCUT2D eigenvalue weighted by molar-refractivity contribution is -0.141. The first-order valence-corrected chi connectivity index (χ1v) is 6.00. The number of aliphatic carboxylic acids is 1. The van der Waals surface area contributed by atoms with Crippen LogP contribution in [0.5, 0.6) is 0 Å². The summed E-state index contributed by atoms with van der Waals surface area (Å²) in [5.74, 6) is -0.508. The van der Waals surface area contributed by atoms with Crippen molar-refractivity contribution < 1.29 is 9.90 Å². The van der Waals surface area contributed by atoms with E-state index in [1.807, 2.05) is 6.92 Å². The summed E-state index contributed by atoms with van der Waals surface area (Å²) in [6.45, 7) is 1.92. The molecular weight excluding hydrogens is 246 g/mol. The average Bonchev–Trinajstić information content (AvgIpc) is 2.85. The molecule has 0 radical (unpaired) electrons. The Balaban J connectivity index is 2.41. The monoisotopic (exact) mass is 261 g/mol. The largest absolute Gasteiger partial charge is 0.480 e. The van der Waals surface area contributed by atoms with Crippen LogP contribution in [0.2, 0.25) is 0 Å². The lowest BCUT2D eigenvalue weighted by Gasteiger charge is -2.12. The van der Waals surface area contributed by atoms with Gasteiger partial charge in [0.05, 0.1) is 0 Å². The zero-order valence-electron chi connectivity index (χ0n) is 10.5. The molecule has 1 aromatic heterocycles. The van der Waals surface area contributed by atoms with E-state index in [0.29, 0.717) is 17.9 Å². The van der Waals surface area contributed by atoms with Gasteiger partial charge in [0, 0.05) is 11.3 Å². The Morgan fingerprint density at radius 1 is 1.42 bits per heavy atom. The Morgan fingerprint density at radius 2 is 2.11 bits per heavy atom. The molecule has 0 saturated heterocycles. The van der Waals surface area contributed by atoms with E-state index in [1.165, 1.54) is 4.68 Å². The van der Waals surface area contributed by atoms with E-state index < -0.39 is 12.0 Å². The zero-order chi connectivity index (χ0) is 13.8. The molecule has 0 aliphatic carbocycles. The van der Waals surface area contributed by atoms with Crippen LogP contribution in [-0.2, 0) is 4.79 Å². The van der Waals surface area contributed by atoms with Gasteiger partial charge >= 0.3 is 5.97 Å². The van der Waals surface area contributed by atoms with E-state index >= 15 is 0 Å². The number of carbonyl (C=O) groups is 1. The van der Waals surface area contributed by atoms with Gasteiger partial charge in [-0.05, 0) is 41.1 Å². The Bertz CT molecular complexity index is 564. The van der Waals surface area contributed by atoms with Crippen LogP contribution < -0.4 is 5.73 Å². The van der Waals surface area contributed by atoms with Gasteiger partial charge in [-0.25, -0.2) is 9.48 Å². The summed E-state index contributed by atoms with van der Waals surface area (Å²) in [6, 6.07) is 6.23. The van der Waals surface area contributed by atoms with Crippen LogP contribution in [-0.4, -0.2) is 31.3 Å². The van der Waals surface area contributed by atoms with Crippen molar-refractivity contribution in [3.8, 4) is 11.4 Å². The molecule has 7 heteroatoms. The second-order valence-electron chi connectivity index (χ2n) is 4.21. The van der Waals surface area contributed by atoms with Gasteiger partial charge in [0.25, 0.3) is 0 Å². The van der Waals surface area contributed by atoms with E-state index in [0.717, 1.165) is 12.0 Å². The molecule has 0 fully saturated rings. The van der Waals surface area contributed by atoms with Gasteiger partial charge in [0.2, 0.25) is 0 Å². The number of anilines is 1. The van der Waals surface area contributed by atoms with Crippen LogP contribution in [0.25, 0.3) is 11.4 Å². The number of carboxylic acids is 1. The number of nitrogen functional groups attached to an aromatic ring is 1. The van der Waals surface area contributed by atoms with Gasteiger partial charge in [-0.3, -0.25) is 0 Å². The van der Waals surface area contributed by atoms with Crippen LogP contribution in [0.4, 0.5) is 5.69 Å². The molecule has 1 aromatic carbocycles. The summed E-state index contributed by atoms with van der Waals surface area (Å²) in [7, 11) is 0. The van der Waals surface area contributed by atoms with Crippen molar-refractivity contribution in [3.63, 3.8) is 0 Å². The van der Waals surface area contributed by atoms with Gasteiger partial charge in [-0.2, -0.15) is 0 Å². The highest BCUT2D eigenvalue weighted by Gasteiger charge is 2.24. The van der Waals surface area contributed by atoms with Crippen molar-refractivity contribution in [1.29, 1.82) is 0 Å². The third kappa shape index (κ3) is 2.70. The fourth-order valence-corrected chi connectivity index (χ4v) is 1.85. The summed E-state index contributed by atoms with van der Waals surface area (Å²) in [5, 5.41) is 20.5. The molecule has 19 heavy (non-hydrogen) atoms. The third-order valence-electron chi connectivity index (χ3n) is 2.80. The van der Waals surface area contributed by atoms with Gasteiger partial charge in [-0.1, -0.05) is 13.3 Å². The molecule has 100 valence electrons. The summed E-state index contributed by atoms with van der Waals surface area (Å²) in [6.07, 6.45) is 1.21. The topological polar surface area (TPSA) is 107 Å². The summed E-state index contributed by atoms with van der Waals surface area (Å²) in [4.78, 5) is 11.3. The Kier molecular flexibility index (Phi) is 3.74. The molecule has 0 bridgehead atoms. The summed E-state index contributed by atoms with van der Waals surface area (Å²) >= 11 is 0. The van der Waals surface area contributed by atoms with Crippen LogP contribution in [0.15, 0.2) is 24.3 Å². The number of nitrogens with zero attached hydrogens (tertiary/aromatic N) is 4. The molecule has 7 nitrogen and oxygen atoms in total. The molecule has 1 heterocycles. The molecule has 2 rings (SSSR count). The minimum Gasteiger partial charge on any atom is -0.480 e.